The molecular formula is C41H60O. The van der Waals surface area contributed by atoms with Gasteiger partial charge in [-0.05, 0) is 101 Å². The van der Waals surface area contributed by atoms with Crippen LogP contribution >= 0.6 is 0 Å². The first-order valence-corrected chi connectivity index (χ1v) is 15.4. The molecule has 0 spiro atoms. The Morgan fingerprint density at radius 2 is 0.952 bits per heavy atom. The molecule has 1 heteroatoms. The molecule has 0 unspecified atom stereocenters. The van der Waals surface area contributed by atoms with Crippen LogP contribution in [0.5, 0.6) is 0 Å². The van der Waals surface area contributed by atoms with Crippen LogP contribution in [-0.2, 0) is 4.74 Å². The molecular weight excluding hydrogens is 508 g/mol. The summed E-state index contributed by atoms with van der Waals surface area (Å²) in [5, 5.41) is 0. The predicted molar refractivity (Wildman–Crippen MR) is 192 cm³/mol. The molecule has 0 aliphatic rings. The Balaban J connectivity index is 4.66. The van der Waals surface area contributed by atoms with Crippen molar-refractivity contribution in [3.63, 3.8) is 0 Å². The highest BCUT2D eigenvalue weighted by Gasteiger charge is 2.12. The van der Waals surface area contributed by atoms with Gasteiger partial charge in [0, 0.05) is 7.11 Å². The zero-order valence-corrected chi connectivity index (χ0v) is 28.8. The summed E-state index contributed by atoms with van der Waals surface area (Å²) in [6.07, 6.45) is 42.2. The second-order valence-corrected chi connectivity index (χ2v) is 12.1. The second-order valence-electron chi connectivity index (χ2n) is 12.1. The van der Waals surface area contributed by atoms with E-state index in [2.05, 4.69) is 173 Å². The lowest BCUT2D eigenvalue weighted by Crippen LogP contribution is -2.20. The third-order valence-corrected chi connectivity index (χ3v) is 6.67. The average Bonchev–Trinajstić information content (AvgIpc) is 2.91. The lowest BCUT2D eigenvalue weighted by molar-refractivity contribution is 0.0255. The maximum Gasteiger partial charge on any atom is 0.0657 e. The van der Waals surface area contributed by atoms with Gasteiger partial charge < -0.3 is 4.74 Å². The molecule has 230 valence electrons. The van der Waals surface area contributed by atoms with E-state index in [9.17, 15) is 0 Å². The first-order valence-electron chi connectivity index (χ1n) is 15.4. The van der Waals surface area contributed by atoms with Gasteiger partial charge in [-0.15, -0.1) is 0 Å². The quantitative estimate of drug-likeness (QED) is 0.118. The molecule has 0 fully saturated rings. The number of allylic oxidation sites excluding steroid dienone is 23. The third-order valence-electron chi connectivity index (χ3n) is 6.67. The van der Waals surface area contributed by atoms with Gasteiger partial charge >= 0.3 is 0 Å². The van der Waals surface area contributed by atoms with Crippen molar-refractivity contribution in [1.29, 1.82) is 0 Å². The first-order chi connectivity index (χ1) is 19.8. The first kappa shape index (κ1) is 38.8. The summed E-state index contributed by atoms with van der Waals surface area (Å²) in [7, 11) is 1.76. The van der Waals surface area contributed by atoms with E-state index in [-0.39, 0.29) is 5.60 Å². The topological polar surface area (TPSA) is 9.23 Å². The average molecular weight is 569 g/mol. The lowest BCUT2D eigenvalue weighted by atomic mass is 10.0. The molecule has 0 aliphatic carbocycles. The Bertz CT molecular complexity index is 1150. The van der Waals surface area contributed by atoms with E-state index in [0.29, 0.717) is 0 Å². The van der Waals surface area contributed by atoms with Crippen LogP contribution in [0.3, 0.4) is 0 Å². The molecule has 0 bridgehead atoms. The van der Waals surface area contributed by atoms with Crippen LogP contribution in [0.4, 0.5) is 0 Å². The summed E-state index contributed by atoms with van der Waals surface area (Å²) in [5.74, 6) is 0. The highest BCUT2D eigenvalue weighted by molar-refractivity contribution is 5.32. The van der Waals surface area contributed by atoms with Crippen molar-refractivity contribution in [1.82, 2.24) is 0 Å². The fourth-order valence-corrected chi connectivity index (χ4v) is 3.64. The number of methoxy groups -OCH3 is 1. The maximum atomic E-state index is 5.45. The van der Waals surface area contributed by atoms with Gasteiger partial charge in [0.05, 0.1) is 5.60 Å². The zero-order chi connectivity index (χ0) is 31.8. The monoisotopic (exact) mass is 568 g/mol. The molecule has 0 aromatic carbocycles. The van der Waals surface area contributed by atoms with Crippen molar-refractivity contribution in [2.45, 2.75) is 107 Å². The Morgan fingerprint density at radius 3 is 1.45 bits per heavy atom. The minimum atomic E-state index is -0.118. The predicted octanol–water partition coefficient (Wildman–Crippen LogP) is 12.8. The molecule has 1 nitrogen and oxygen atoms in total. The molecule has 0 saturated heterocycles. The van der Waals surface area contributed by atoms with E-state index in [1.807, 2.05) is 0 Å². The van der Waals surface area contributed by atoms with Gasteiger partial charge in [0.25, 0.3) is 0 Å². The summed E-state index contributed by atoms with van der Waals surface area (Å²) >= 11 is 0. The van der Waals surface area contributed by atoms with Crippen LogP contribution in [0.15, 0.2) is 142 Å². The molecule has 0 N–H and O–H groups in total. The molecule has 0 radical (unpaired) electrons. The molecule has 0 amide bonds. The molecule has 0 rings (SSSR count). The summed E-state index contributed by atoms with van der Waals surface area (Å²) < 4.78 is 5.45. The van der Waals surface area contributed by atoms with E-state index >= 15 is 0 Å². The Labute approximate surface area is 260 Å². The fraction of sp³-hybridized carbons (Fsp3) is 0.415. The summed E-state index contributed by atoms with van der Waals surface area (Å²) in [5.41, 5.74) is 9.06. The molecule has 42 heavy (non-hydrogen) atoms. The normalized spacial score (nSPS) is 15.5. The van der Waals surface area contributed by atoms with Crippen LogP contribution in [0.2, 0.25) is 0 Å². The van der Waals surface area contributed by atoms with Crippen molar-refractivity contribution in [2.75, 3.05) is 7.11 Å². The number of ether oxygens (including phenoxy) is 1. The highest BCUT2D eigenvalue weighted by Crippen LogP contribution is 2.14. The molecule has 0 atom stereocenters. The summed E-state index contributed by atoms with van der Waals surface area (Å²) in [6, 6.07) is 0. The maximum absolute atomic E-state index is 5.45. The van der Waals surface area contributed by atoms with Crippen LogP contribution in [0.1, 0.15) is 101 Å². The van der Waals surface area contributed by atoms with Gasteiger partial charge in [-0.1, -0.05) is 142 Å². The van der Waals surface area contributed by atoms with Crippen molar-refractivity contribution >= 4 is 0 Å². The molecule has 0 aromatic heterocycles. The van der Waals surface area contributed by atoms with E-state index in [4.69, 9.17) is 4.74 Å². The van der Waals surface area contributed by atoms with Crippen molar-refractivity contribution < 1.29 is 4.74 Å². The smallest absolute Gasteiger partial charge is 0.0657 e. The van der Waals surface area contributed by atoms with Gasteiger partial charge in [0.2, 0.25) is 0 Å². The minimum absolute atomic E-state index is 0.118. The molecule has 0 saturated carbocycles. The summed E-state index contributed by atoms with van der Waals surface area (Å²) in [6.45, 7) is 21.5. The van der Waals surface area contributed by atoms with Crippen molar-refractivity contribution in [3.8, 4) is 0 Å². The minimum Gasteiger partial charge on any atom is -0.378 e. The van der Waals surface area contributed by atoms with Crippen LogP contribution in [0.25, 0.3) is 0 Å². The molecule has 0 aliphatic heterocycles. The standard InChI is InChI=1S/C41H60O/c1-34(2)20-14-23-37(5)26-17-29-38(6)27-15-24-35(3)21-12-13-22-36(4)25-16-28-39(7)30-18-31-40(8)32-19-33-41(9,10)42-11/h12-13,15-16,18-22,24-28,30-32H,14,17,23,29,33H2,1-11H3/b13-12+,24-15+,25-16+,30-18+,32-19+,35-21+,36-22+,37-26+,38-27+,39-28+,40-31+. The highest BCUT2D eigenvalue weighted by atomic mass is 16.5. The van der Waals surface area contributed by atoms with Crippen molar-refractivity contribution in [2.24, 2.45) is 0 Å². The van der Waals surface area contributed by atoms with Gasteiger partial charge in [0.15, 0.2) is 0 Å². The van der Waals surface area contributed by atoms with Gasteiger partial charge in [-0.2, -0.15) is 0 Å². The van der Waals surface area contributed by atoms with Crippen molar-refractivity contribution in [3.05, 3.63) is 142 Å². The Kier molecular flexibility index (Phi) is 21.6. The van der Waals surface area contributed by atoms with Crippen LogP contribution < -0.4 is 0 Å². The molecule has 0 aromatic rings. The largest absolute Gasteiger partial charge is 0.378 e. The number of hydrogen-bond acceptors (Lipinski definition) is 1. The second kappa shape index (κ2) is 23.4. The summed E-state index contributed by atoms with van der Waals surface area (Å²) in [4.78, 5) is 0. The fourth-order valence-electron chi connectivity index (χ4n) is 3.64. The zero-order valence-electron chi connectivity index (χ0n) is 28.8. The van der Waals surface area contributed by atoms with Crippen LogP contribution in [-0.4, -0.2) is 12.7 Å². The van der Waals surface area contributed by atoms with Gasteiger partial charge in [-0.25, -0.2) is 0 Å². The Hall–Kier alpha value is -3.16. The van der Waals surface area contributed by atoms with E-state index < -0.39 is 0 Å². The van der Waals surface area contributed by atoms with Gasteiger partial charge in [-0.3, -0.25) is 0 Å². The SMILES string of the molecule is COC(C)(C)C/C=C/C(C)=C/C=C/C(C)=C/C=C/C(C)=C/C=C/C=C(C)/C=C/C=C(\C)CC/C=C(\C)CCC=C(C)C. The van der Waals surface area contributed by atoms with E-state index in [0.717, 1.165) is 32.1 Å². The van der Waals surface area contributed by atoms with E-state index in [1.54, 1.807) is 7.11 Å². The number of rotatable bonds is 18. The number of hydrogen-bond donors (Lipinski definition) is 0. The lowest BCUT2D eigenvalue weighted by Gasteiger charge is -2.20. The van der Waals surface area contributed by atoms with E-state index in [1.165, 1.54) is 39.0 Å². The molecule has 0 heterocycles. The van der Waals surface area contributed by atoms with Gasteiger partial charge in [0.1, 0.15) is 0 Å². The third kappa shape index (κ3) is 24.6. The Morgan fingerprint density at radius 1 is 0.524 bits per heavy atom. The van der Waals surface area contributed by atoms with Crippen LogP contribution in [0, 0.1) is 0 Å².